The molecule has 4 N–H and O–H groups in total. The zero-order valence-electron chi connectivity index (χ0n) is 13.5. The van der Waals surface area contributed by atoms with Crippen molar-refractivity contribution in [1.82, 2.24) is 10.6 Å². The number of Topliss-reactive ketones (excluding diaryl/α,β-unsaturated/α-hetero) is 1. The lowest BCUT2D eigenvalue weighted by molar-refractivity contribution is -0.139. The molecule has 0 aromatic heterocycles. The van der Waals surface area contributed by atoms with Gasteiger partial charge < -0.3 is 21.1 Å². The van der Waals surface area contributed by atoms with E-state index in [0.29, 0.717) is 12.8 Å². The number of nitrogens with two attached hydrogens (primary N) is 1. The van der Waals surface area contributed by atoms with Gasteiger partial charge in [0.1, 0.15) is 6.04 Å². The minimum atomic E-state index is -0.835. The first-order valence-electron chi connectivity index (χ1n) is 8.11. The van der Waals surface area contributed by atoms with Crippen LogP contribution in [0.25, 0.3) is 0 Å². The summed E-state index contributed by atoms with van der Waals surface area (Å²) in [7, 11) is 0. The highest BCUT2D eigenvalue weighted by molar-refractivity contribution is 5.88. The number of carbonyl (C=O) groups excluding carboxylic acids is 3. The summed E-state index contributed by atoms with van der Waals surface area (Å²) in [5.74, 6) is -0.736. The van der Waals surface area contributed by atoms with Crippen molar-refractivity contribution in [3.05, 3.63) is 35.9 Å². The second-order valence-electron chi connectivity index (χ2n) is 5.80. The molecule has 1 aliphatic rings. The summed E-state index contributed by atoms with van der Waals surface area (Å²) in [5.41, 5.74) is 6.86. The van der Waals surface area contributed by atoms with Crippen LogP contribution in [0.2, 0.25) is 0 Å². The number of hydrogen-bond donors (Lipinski definition) is 3. The molecule has 130 valence electrons. The number of carbonyl (C=O) groups is 3. The molecule has 1 aromatic carbocycles. The van der Waals surface area contributed by atoms with E-state index in [1.807, 2.05) is 30.3 Å². The summed E-state index contributed by atoms with van der Waals surface area (Å²) in [5, 5.41) is 5.35. The fraction of sp³-hybridized carbons (Fsp3) is 0.471. The van der Waals surface area contributed by atoms with Gasteiger partial charge in [0.25, 0.3) is 0 Å². The van der Waals surface area contributed by atoms with Crippen molar-refractivity contribution in [2.24, 2.45) is 5.73 Å². The molecule has 0 saturated carbocycles. The van der Waals surface area contributed by atoms with Crippen LogP contribution in [0.4, 0.5) is 4.79 Å². The van der Waals surface area contributed by atoms with Gasteiger partial charge in [0.2, 0.25) is 0 Å². The monoisotopic (exact) mass is 333 g/mol. The Morgan fingerprint density at radius 2 is 2.04 bits per heavy atom. The Bertz CT molecular complexity index is 570. The first-order valence-corrected chi connectivity index (χ1v) is 8.11. The largest absolute Gasteiger partial charge is 0.414 e. The molecule has 1 amide bonds. The molecule has 0 bridgehead atoms. The fourth-order valence-electron chi connectivity index (χ4n) is 2.54. The number of ketones is 1. The molecule has 7 nitrogen and oxygen atoms in total. The van der Waals surface area contributed by atoms with Gasteiger partial charge in [-0.1, -0.05) is 30.3 Å². The molecule has 1 aromatic rings. The number of ether oxygens (including phenoxy) is 1. The van der Waals surface area contributed by atoms with Gasteiger partial charge in [-0.2, -0.15) is 0 Å². The Morgan fingerprint density at radius 3 is 2.71 bits per heavy atom. The second kappa shape index (κ2) is 9.14. The van der Waals surface area contributed by atoms with Crippen LogP contribution in [0.1, 0.15) is 24.8 Å². The van der Waals surface area contributed by atoms with Gasteiger partial charge in [0.15, 0.2) is 5.78 Å². The number of amides is 1. The van der Waals surface area contributed by atoms with Crippen LogP contribution in [-0.4, -0.2) is 43.0 Å². The smallest absolute Gasteiger partial charge is 0.375 e. The molecular weight excluding hydrogens is 310 g/mol. The third-order valence-electron chi connectivity index (χ3n) is 3.89. The number of hydrogen-bond acceptors (Lipinski definition) is 6. The minimum absolute atomic E-state index is 0.0888. The van der Waals surface area contributed by atoms with Crippen LogP contribution in [0.15, 0.2) is 30.3 Å². The predicted octanol–water partition coefficient (Wildman–Crippen LogP) is 0.520. The molecule has 0 radical (unpaired) electrons. The van der Waals surface area contributed by atoms with Gasteiger partial charge in [-0.15, -0.1) is 0 Å². The zero-order chi connectivity index (χ0) is 17.4. The van der Waals surface area contributed by atoms with Crippen molar-refractivity contribution in [3.63, 3.8) is 0 Å². The Kier molecular flexibility index (Phi) is 6.89. The molecule has 2 atom stereocenters. The normalized spacial score (nSPS) is 18.0. The molecule has 7 heteroatoms. The predicted molar refractivity (Wildman–Crippen MR) is 88.3 cm³/mol. The average Bonchev–Trinajstić information content (AvgIpc) is 3.10. The van der Waals surface area contributed by atoms with E-state index in [1.54, 1.807) is 0 Å². The number of benzene rings is 1. The summed E-state index contributed by atoms with van der Waals surface area (Å²) >= 11 is 0. The number of esters is 1. The van der Waals surface area contributed by atoms with Crippen LogP contribution in [0.5, 0.6) is 0 Å². The van der Waals surface area contributed by atoms with Crippen molar-refractivity contribution in [1.29, 1.82) is 0 Å². The summed E-state index contributed by atoms with van der Waals surface area (Å²) in [4.78, 5) is 35.1. The summed E-state index contributed by atoms with van der Waals surface area (Å²) in [6.45, 7) is 0.834. The summed E-state index contributed by atoms with van der Waals surface area (Å²) in [6.07, 6.45) is 1.27. The summed E-state index contributed by atoms with van der Waals surface area (Å²) in [6, 6.07) is 8.46. The molecule has 0 aliphatic carbocycles. The van der Waals surface area contributed by atoms with E-state index in [4.69, 9.17) is 5.73 Å². The van der Waals surface area contributed by atoms with E-state index in [1.165, 1.54) is 0 Å². The first kappa shape index (κ1) is 18.1. The van der Waals surface area contributed by atoms with E-state index in [-0.39, 0.29) is 18.7 Å². The van der Waals surface area contributed by atoms with Gasteiger partial charge in [-0.25, -0.2) is 9.59 Å². The Labute approximate surface area is 140 Å². The maximum Gasteiger partial charge on any atom is 0.414 e. The highest BCUT2D eigenvalue weighted by atomic mass is 16.6. The van der Waals surface area contributed by atoms with Crippen LogP contribution in [0.3, 0.4) is 0 Å². The Hall–Kier alpha value is -2.25. The maximum absolute atomic E-state index is 12.0. The highest BCUT2D eigenvalue weighted by Crippen LogP contribution is 2.06. The van der Waals surface area contributed by atoms with Gasteiger partial charge in [-0.05, 0) is 31.4 Å². The highest BCUT2D eigenvalue weighted by Gasteiger charge is 2.25. The third kappa shape index (κ3) is 5.75. The van der Waals surface area contributed by atoms with Gasteiger partial charge >= 0.3 is 12.1 Å². The fourth-order valence-corrected chi connectivity index (χ4v) is 2.54. The van der Waals surface area contributed by atoms with E-state index in [0.717, 1.165) is 18.5 Å². The minimum Gasteiger partial charge on any atom is -0.375 e. The lowest BCUT2D eigenvalue weighted by atomic mass is 10.0. The molecule has 2 rings (SSSR count). The van der Waals surface area contributed by atoms with Crippen LogP contribution in [-0.2, 0) is 20.7 Å². The maximum atomic E-state index is 12.0. The van der Waals surface area contributed by atoms with E-state index in [9.17, 15) is 14.4 Å². The van der Waals surface area contributed by atoms with E-state index >= 15 is 0 Å². The molecule has 1 unspecified atom stereocenters. The molecule has 24 heavy (non-hydrogen) atoms. The van der Waals surface area contributed by atoms with Crippen LogP contribution in [0, 0.1) is 0 Å². The molecule has 1 heterocycles. The van der Waals surface area contributed by atoms with Crippen molar-refractivity contribution in [3.8, 4) is 0 Å². The van der Waals surface area contributed by atoms with Crippen molar-refractivity contribution in [2.75, 3.05) is 13.1 Å². The lowest BCUT2D eigenvalue weighted by Gasteiger charge is -2.12. The molecule has 1 fully saturated rings. The number of nitrogens with one attached hydrogen (secondary N) is 2. The zero-order valence-corrected chi connectivity index (χ0v) is 13.5. The Balaban J connectivity index is 1.64. The molecular formula is C17H23N3O4. The SMILES string of the molecule is NC(Cc1ccccc1)C(=O)CCNC(=O)OC(=O)[C@@H]1CCCN1. The molecule has 1 aliphatic heterocycles. The van der Waals surface area contributed by atoms with E-state index < -0.39 is 24.1 Å². The summed E-state index contributed by atoms with van der Waals surface area (Å²) < 4.78 is 4.68. The van der Waals surface area contributed by atoms with E-state index in [2.05, 4.69) is 15.4 Å². The van der Waals surface area contributed by atoms with Crippen molar-refractivity contribution < 1.29 is 19.1 Å². The third-order valence-corrected chi connectivity index (χ3v) is 3.89. The van der Waals surface area contributed by atoms with Crippen molar-refractivity contribution in [2.45, 2.75) is 37.8 Å². The average molecular weight is 333 g/mol. The van der Waals surface area contributed by atoms with Crippen molar-refractivity contribution >= 4 is 17.8 Å². The van der Waals surface area contributed by atoms with Crippen LogP contribution < -0.4 is 16.4 Å². The molecule has 0 spiro atoms. The number of rotatable bonds is 7. The van der Waals surface area contributed by atoms with Gasteiger partial charge in [0.05, 0.1) is 6.04 Å². The lowest BCUT2D eigenvalue weighted by Crippen LogP contribution is -2.39. The van der Waals surface area contributed by atoms with Gasteiger partial charge in [0, 0.05) is 13.0 Å². The van der Waals surface area contributed by atoms with Gasteiger partial charge in [-0.3, -0.25) is 4.79 Å². The Morgan fingerprint density at radius 1 is 1.29 bits per heavy atom. The number of alkyl carbamates (subject to hydrolysis) is 1. The standard InChI is InChI=1S/C17H23N3O4/c18-13(11-12-5-2-1-3-6-12)15(21)8-10-20-17(23)24-16(22)14-7-4-9-19-14/h1-3,5-6,13-14,19H,4,7-11,18H2,(H,20,23)/t13?,14-/m0/s1. The second-order valence-corrected chi connectivity index (χ2v) is 5.80. The van der Waals surface area contributed by atoms with Crippen LogP contribution >= 0.6 is 0 Å². The quantitative estimate of drug-likeness (QED) is 0.496. The topological polar surface area (TPSA) is 111 Å². The first-order chi connectivity index (χ1) is 11.6. The molecule has 1 saturated heterocycles.